The Balaban J connectivity index is 1.97. The summed E-state index contributed by atoms with van der Waals surface area (Å²) in [5, 5.41) is 2.80. The minimum absolute atomic E-state index is 0.155. The zero-order valence-corrected chi connectivity index (χ0v) is 12.6. The monoisotopic (exact) mass is 321 g/mol. The molecule has 118 valence electrons. The van der Waals surface area contributed by atoms with Crippen LogP contribution in [-0.2, 0) is 6.18 Å². The maximum atomic E-state index is 12.7. The number of likely N-dealkylation sites (tertiary alicyclic amines) is 1. The lowest BCUT2D eigenvalue weighted by atomic mass is 10.1. The van der Waals surface area contributed by atoms with Crippen LogP contribution in [0.2, 0.25) is 5.15 Å². The first kappa shape index (κ1) is 16.4. The Kier molecular flexibility index (Phi) is 5.32. The van der Waals surface area contributed by atoms with Gasteiger partial charge in [0.05, 0.1) is 5.56 Å². The smallest absolute Gasteiger partial charge is 0.368 e. The van der Waals surface area contributed by atoms with Crippen LogP contribution in [0.25, 0.3) is 0 Å². The van der Waals surface area contributed by atoms with Crippen LogP contribution in [0.1, 0.15) is 31.7 Å². The molecular formula is C14H19ClF3N3. The first-order chi connectivity index (χ1) is 9.86. The van der Waals surface area contributed by atoms with Gasteiger partial charge in [0.25, 0.3) is 0 Å². The van der Waals surface area contributed by atoms with E-state index in [1.54, 1.807) is 0 Å². The van der Waals surface area contributed by atoms with Gasteiger partial charge in [-0.25, -0.2) is 4.98 Å². The molecule has 0 bridgehead atoms. The van der Waals surface area contributed by atoms with Gasteiger partial charge >= 0.3 is 6.18 Å². The molecule has 21 heavy (non-hydrogen) atoms. The standard InChI is InChI=1S/C14H19ClF3N3/c1-10(21-5-3-2-4-6-21)9-19-13-8-11(14(16,17)18)7-12(15)20-13/h7-8,10H,2-6,9H2,1H3,(H,19,20). The number of hydrogen-bond acceptors (Lipinski definition) is 3. The third-order valence-electron chi connectivity index (χ3n) is 3.71. The number of nitrogens with zero attached hydrogens (tertiary/aromatic N) is 2. The molecule has 1 aliphatic rings. The summed E-state index contributed by atoms with van der Waals surface area (Å²) in [5.74, 6) is 0.165. The lowest BCUT2D eigenvalue weighted by Crippen LogP contribution is -2.41. The normalized spacial score (nSPS) is 18.5. The number of aromatic nitrogens is 1. The molecular weight excluding hydrogens is 303 g/mol. The third kappa shape index (κ3) is 4.74. The number of anilines is 1. The summed E-state index contributed by atoms with van der Waals surface area (Å²) >= 11 is 5.66. The molecule has 1 aliphatic heterocycles. The number of halogens is 4. The Bertz CT molecular complexity index is 473. The molecule has 1 atom stereocenters. The summed E-state index contributed by atoms with van der Waals surface area (Å²) in [5.41, 5.74) is -0.782. The molecule has 1 unspecified atom stereocenters. The van der Waals surface area contributed by atoms with Crippen molar-refractivity contribution in [2.45, 2.75) is 38.4 Å². The van der Waals surface area contributed by atoms with Crippen molar-refractivity contribution in [2.75, 3.05) is 25.0 Å². The first-order valence-electron chi connectivity index (χ1n) is 7.09. The number of rotatable bonds is 4. The second-order valence-electron chi connectivity index (χ2n) is 5.39. The van der Waals surface area contributed by atoms with E-state index in [1.807, 2.05) is 0 Å². The number of alkyl halides is 3. The zero-order valence-electron chi connectivity index (χ0n) is 11.9. The van der Waals surface area contributed by atoms with Gasteiger partial charge in [0, 0.05) is 12.6 Å². The number of nitrogens with one attached hydrogen (secondary N) is 1. The van der Waals surface area contributed by atoms with Gasteiger partial charge in [-0.1, -0.05) is 18.0 Å². The highest BCUT2D eigenvalue weighted by molar-refractivity contribution is 6.29. The number of pyridine rings is 1. The van der Waals surface area contributed by atoms with Crippen molar-refractivity contribution in [3.63, 3.8) is 0 Å². The Morgan fingerprint density at radius 1 is 1.29 bits per heavy atom. The van der Waals surface area contributed by atoms with E-state index in [2.05, 4.69) is 22.1 Å². The molecule has 1 fully saturated rings. The van der Waals surface area contributed by atoms with Crippen LogP contribution in [0.3, 0.4) is 0 Å². The largest absolute Gasteiger partial charge is 0.416 e. The van der Waals surface area contributed by atoms with Gasteiger partial charge < -0.3 is 5.32 Å². The van der Waals surface area contributed by atoms with E-state index in [0.717, 1.165) is 25.2 Å². The van der Waals surface area contributed by atoms with Gasteiger partial charge in [-0.05, 0) is 45.0 Å². The number of piperidine rings is 1. The fraction of sp³-hybridized carbons (Fsp3) is 0.643. The van der Waals surface area contributed by atoms with E-state index >= 15 is 0 Å². The summed E-state index contributed by atoms with van der Waals surface area (Å²) in [6, 6.07) is 2.08. The van der Waals surface area contributed by atoms with Crippen LogP contribution >= 0.6 is 11.6 Å². The molecule has 1 aromatic rings. The third-order valence-corrected chi connectivity index (χ3v) is 3.91. The highest BCUT2D eigenvalue weighted by Gasteiger charge is 2.31. The fourth-order valence-corrected chi connectivity index (χ4v) is 2.70. The molecule has 2 rings (SSSR count). The zero-order chi connectivity index (χ0) is 15.5. The van der Waals surface area contributed by atoms with Crippen molar-refractivity contribution in [1.82, 2.24) is 9.88 Å². The highest BCUT2D eigenvalue weighted by Crippen LogP contribution is 2.31. The molecule has 1 N–H and O–H groups in total. The van der Waals surface area contributed by atoms with Gasteiger partial charge in [0.1, 0.15) is 11.0 Å². The number of hydrogen-bond donors (Lipinski definition) is 1. The van der Waals surface area contributed by atoms with Crippen molar-refractivity contribution in [3.05, 3.63) is 22.8 Å². The molecule has 0 saturated carbocycles. The van der Waals surface area contributed by atoms with Crippen molar-refractivity contribution in [2.24, 2.45) is 0 Å². The van der Waals surface area contributed by atoms with Gasteiger partial charge in [0.15, 0.2) is 0 Å². The van der Waals surface area contributed by atoms with Crippen molar-refractivity contribution in [3.8, 4) is 0 Å². The Morgan fingerprint density at radius 2 is 1.95 bits per heavy atom. The quantitative estimate of drug-likeness (QED) is 0.848. The lowest BCUT2D eigenvalue weighted by Gasteiger charge is -2.32. The average Bonchev–Trinajstić information content (AvgIpc) is 2.44. The van der Waals surface area contributed by atoms with E-state index in [0.29, 0.717) is 6.54 Å². The molecule has 0 amide bonds. The molecule has 0 aliphatic carbocycles. The molecule has 0 radical (unpaired) electrons. The molecule has 1 saturated heterocycles. The molecule has 0 aromatic carbocycles. The molecule has 3 nitrogen and oxygen atoms in total. The van der Waals surface area contributed by atoms with Crippen molar-refractivity contribution >= 4 is 17.4 Å². The van der Waals surface area contributed by atoms with E-state index in [1.165, 1.54) is 19.3 Å². The van der Waals surface area contributed by atoms with Crippen LogP contribution in [0, 0.1) is 0 Å². The topological polar surface area (TPSA) is 28.2 Å². The van der Waals surface area contributed by atoms with E-state index in [9.17, 15) is 13.2 Å². The van der Waals surface area contributed by atoms with E-state index in [4.69, 9.17) is 11.6 Å². The summed E-state index contributed by atoms with van der Waals surface area (Å²) in [6.45, 7) is 4.69. The SMILES string of the molecule is CC(CNc1cc(C(F)(F)F)cc(Cl)n1)N1CCCCC1. The van der Waals surface area contributed by atoms with Gasteiger partial charge in [-0.15, -0.1) is 0 Å². The van der Waals surface area contributed by atoms with Crippen LogP contribution in [-0.4, -0.2) is 35.6 Å². The van der Waals surface area contributed by atoms with Gasteiger partial charge in [-0.2, -0.15) is 13.2 Å². The van der Waals surface area contributed by atoms with Crippen LogP contribution in [0.5, 0.6) is 0 Å². The minimum Gasteiger partial charge on any atom is -0.368 e. The predicted octanol–water partition coefficient (Wildman–Crippen LogP) is 4.04. The maximum Gasteiger partial charge on any atom is 0.416 e. The second kappa shape index (κ2) is 6.83. The fourth-order valence-electron chi connectivity index (χ4n) is 2.49. The Labute approximate surface area is 127 Å². The van der Waals surface area contributed by atoms with Crippen molar-refractivity contribution < 1.29 is 13.2 Å². The summed E-state index contributed by atoms with van der Waals surface area (Å²) in [6.07, 6.45) is -0.807. The first-order valence-corrected chi connectivity index (χ1v) is 7.47. The summed E-state index contributed by atoms with van der Waals surface area (Å²) < 4.78 is 38.1. The minimum atomic E-state index is -4.42. The Hall–Kier alpha value is -1.01. The molecule has 7 heteroatoms. The molecule has 1 aromatic heterocycles. The lowest BCUT2D eigenvalue weighted by molar-refractivity contribution is -0.137. The van der Waals surface area contributed by atoms with E-state index < -0.39 is 11.7 Å². The van der Waals surface area contributed by atoms with Gasteiger partial charge in [0.2, 0.25) is 0 Å². The van der Waals surface area contributed by atoms with Gasteiger partial charge in [-0.3, -0.25) is 4.90 Å². The van der Waals surface area contributed by atoms with Crippen LogP contribution < -0.4 is 5.32 Å². The van der Waals surface area contributed by atoms with E-state index in [-0.39, 0.29) is 17.0 Å². The van der Waals surface area contributed by atoms with Crippen LogP contribution in [0.15, 0.2) is 12.1 Å². The highest BCUT2D eigenvalue weighted by atomic mass is 35.5. The van der Waals surface area contributed by atoms with Crippen LogP contribution in [0.4, 0.5) is 19.0 Å². The summed E-state index contributed by atoms with van der Waals surface area (Å²) in [7, 11) is 0. The molecule has 2 heterocycles. The Morgan fingerprint density at radius 3 is 2.57 bits per heavy atom. The summed E-state index contributed by atoms with van der Waals surface area (Å²) in [4.78, 5) is 6.24. The second-order valence-corrected chi connectivity index (χ2v) is 5.78. The average molecular weight is 322 g/mol. The van der Waals surface area contributed by atoms with Crippen molar-refractivity contribution in [1.29, 1.82) is 0 Å². The molecule has 0 spiro atoms. The maximum absolute atomic E-state index is 12.7. The predicted molar refractivity (Wildman–Crippen MR) is 77.6 cm³/mol.